The van der Waals surface area contributed by atoms with Gasteiger partial charge in [0.1, 0.15) is 5.82 Å². The Morgan fingerprint density at radius 2 is 1.71 bits per heavy atom. The zero-order valence-corrected chi connectivity index (χ0v) is 14.8. The van der Waals surface area contributed by atoms with E-state index in [0.717, 1.165) is 17.2 Å². The summed E-state index contributed by atoms with van der Waals surface area (Å²) < 4.78 is 0. The molecular formula is C19H27N5. The molecule has 1 aliphatic rings. The lowest BCUT2D eigenvalue weighted by molar-refractivity contribution is 0.462. The average molecular weight is 325 g/mol. The predicted molar refractivity (Wildman–Crippen MR) is 101 cm³/mol. The molecule has 0 saturated heterocycles. The van der Waals surface area contributed by atoms with E-state index in [9.17, 15) is 0 Å². The number of aromatic nitrogens is 2. The molecule has 0 atom stereocenters. The summed E-state index contributed by atoms with van der Waals surface area (Å²) in [5.41, 5.74) is 3.14. The highest BCUT2D eigenvalue weighted by Crippen LogP contribution is 2.23. The predicted octanol–water partition coefficient (Wildman–Crippen LogP) is 4.34. The third kappa shape index (κ3) is 4.37. The Hall–Kier alpha value is -2.30. The van der Waals surface area contributed by atoms with Crippen molar-refractivity contribution in [1.29, 1.82) is 0 Å². The summed E-state index contributed by atoms with van der Waals surface area (Å²) in [5.74, 6) is 1.56. The van der Waals surface area contributed by atoms with E-state index in [1.165, 1.54) is 37.8 Å². The summed E-state index contributed by atoms with van der Waals surface area (Å²) in [7, 11) is 4.07. The molecule has 0 radical (unpaired) electrons. The summed E-state index contributed by atoms with van der Waals surface area (Å²) in [5, 5.41) is 6.88. The van der Waals surface area contributed by atoms with Crippen LogP contribution in [-0.4, -0.2) is 30.1 Å². The van der Waals surface area contributed by atoms with Crippen molar-refractivity contribution < 1.29 is 0 Å². The van der Waals surface area contributed by atoms with Gasteiger partial charge in [0.2, 0.25) is 5.95 Å². The van der Waals surface area contributed by atoms with Crippen LogP contribution in [0.25, 0.3) is 0 Å². The van der Waals surface area contributed by atoms with Gasteiger partial charge in [-0.2, -0.15) is 4.98 Å². The van der Waals surface area contributed by atoms with Crippen molar-refractivity contribution in [3.05, 3.63) is 36.0 Å². The van der Waals surface area contributed by atoms with Gasteiger partial charge in [0.15, 0.2) is 0 Å². The minimum Gasteiger partial charge on any atom is -0.378 e. The van der Waals surface area contributed by atoms with Crippen LogP contribution in [0.15, 0.2) is 30.3 Å². The van der Waals surface area contributed by atoms with Gasteiger partial charge >= 0.3 is 0 Å². The second-order valence-electron chi connectivity index (χ2n) is 6.76. The lowest BCUT2D eigenvalue weighted by Gasteiger charge is -2.23. The van der Waals surface area contributed by atoms with Crippen LogP contribution in [0.1, 0.15) is 37.8 Å². The largest absolute Gasteiger partial charge is 0.378 e. The minimum atomic E-state index is 0.542. The van der Waals surface area contributed by atoms with Gasteiger partial charge in [0.05, 0.1) is 0 Å². The molecule has 1 aromatic carbocycles. The molecule has 2 aromatic rings. The molecule has 24 heavy (non-hydrogen) atoms. The first-order valence-electron chi connectivity index (χ1n) is 8.77. The van der Waals surface area contributed by atoms with E-state index >= 15 is 0 Å². The molecule has 0 amide bonds. The second kappa shape index (κ2) is 7.51. The van der Waals surface area contributed by atoms with Gasteiger partial charge in [0, 0.05) is 43.3 Å². The van der Waals surface area contributed by atoms with Crippen LogP contribution in [-0.2, 0) is 0 Å². The molecule has 3 rings (SSSR count). The number of hydrogen-bond donors (Lipinski definition) is 2. The Morgan fingerprint density at radius 3 is 2.38 bits per heavy atom. The number of rotatable bonds is 5. The fraction of sp³-hybridized carbons (Fsp3) is 0.474. The molecule has 1 saturated carbocycles. The van der Waals surface area contributed by atoms with Crippen LogP contribution >= 0.6 is 0 Å². The van der Waals surface area contributed by atoms with E-state index in [1.807, 2.05) is 27.1 Å². The molecule has 2 N–H and O–H groups in total. The average Bonchev–Trinajstić information content (AvgIpc) is 2.55. The molecule has 1 aromatic heterocycles. The molecule has 1 fully saturated rings. The normalized spacial score (nSPS) is 15.1. The fourth-order valence-electron chi connectivity index (χ4n) is 3.13. The first-order valence-corrected chi connectivity index (χ1v) is 8.77. The minimum absolute atomic E-state index is 0.542. The van der Waals surface area contributed by atoms with E-state index in [4.69, 9.17) is 0 Å². The molecule has 0 aliphatic heterocycles. The maximum atomic E-state index is 4.64. The van der Waals surface area contributed by atoms with E-state index in [0.29, 0.717) is 12.0 Å². The number of hydrogen-bond acceptors (Lipinski definition) is 5. The van der Waals surface area contributed by atoms with Crippen molar-refractivity contribution >= 4 is 23.1 Å². The van der Waals surface area contributed by atoms with Crippen LogP contribution in [0.2, 0.25) is 0 Å². The highest BCUT2D eigenvalue weighted by molar-refractivity contribution is 5.59. The molecule has 128 valence electrons. The van der Waals surface area contributed by atoms with Gasteiger partial charge in [-0.1, -0.05) is 19.3 Å². The number of nitrogens with zero attached hydrogens (tertiary/aromatic N) is 3. The Bertz CT molecular complexity index is 660. The Kier molecular flexibility index (Phi) is 5.18. The van der Waals surface area contributed by atoms with Crippen molar-refractivity contribution in [1.82, 2.24) is 9.97 Å². The summed E-state index contributed by atoms with van der Waals surface area (Å²) in [6.07, 6.45) is 6.45. The van der Waals surface area contributed by atoms with Gasteiger partial charge in [0.25, 0.3) is 0 Å². The van der Waals surface area contributed by atoms with E-state index < -0.39 is 0 Å². The Balaban J connectivity index is 1.70. The van der Waals surface area contributed by atoms with E-state index in [1.54, 1.807) is 0 Å². The van der Waals surface area contributed by atoms with Gasteiger partial charge in [-0.25, -0.2) is 4.98 Å². The third-order valence-electron chi connectivity index (χ3n) is 4.45. The quantitative estimate of drug-likeness (QED) is 0.856. The van der Waals surface area contributed by atoms with Gasteiger partial charge in [-0.15, -0.1) is 0 Å². The molecule has 1 aliphatic carbocycles. The first kappa shape index (κ1) is 16.6. The molecule has 0 unspecified atom stereocenters. The van der Waals surface area contributed by atoms with Crippen LogP contribution in [0, 0.1) is 6.92 Å². The van der Waals surface area contributed by atoms with Gasteiger partial charge in [-0.3, -0.25) is 0 Å². The van der Waals surface area contributed by atoms with Crippen molar-refractivity contribution in [2.45, 2.75) is 45.1 Å². The standard InChI is InChI=1S/C19H27N5/c1-14-13-18(21-15-7-5-4-6-8-15)23-19(20-14)22-16-9-11-17(12-10-16)24(2)3/h9-13,15H,4-8H2,1-3H3,(H2,20,21,22,23). The molecular weight excluding hydrogens is 298 g/mol. The van der Waals surface area contributed by atoms with Crippen molar-refractivity contribution in [3.63, 3.8) is 0 Å². The van der Waals surface area contributed by atoms with E-state index in [2.05, 4.69) is 49.8 Å². The molecule has 0 bridgehead atoms. The summed E-state index contributed by atoms with van der Waals surface area (Å²) in [4.78, 5) is 11.2. The van der Waals surface area contributed by atoms with Crippen LogP contribution in [0.4, 0.5) is 23.1 Å². The highest BCUT2D eigenvalue weighted by atomic mass is 15.2. The van der Waals surface area contributed by atoms with E-state index in [-0.39, 0.29) is 0 Å². The maximum Gasteiger partial charge on any atom is 0.229 e. The molecule has 0 spiro atoms. The van der Waals surface area contributed by atoms with Crippen molar-refractivity contribution in [2.24, 2.45) is 0 Å². The lowest BCUT2D eigenvalue weighted by atomic mass is 9.95. The zero-order chi connectivity index (χ0) is 16.9. The number of nitrogens with one attached hydrogen (secondary N) is 2. The van der Waals surface area contributed by atoms with Crippen molar-refractivity contribution in [3.8, 4) is 0 Å². The smallest absolute Gasteiger partial charge is 0.229 e. The fourth-order valence-corrected chi connectivity index (χ4v) is 3.13. The topological polar surface area (TPSA) is 53.1 Å². The third-order valence-corrected chi connectivity index (χ3v) is 4.45. The molecule has 1 heterocycles. The zero-order valence-electron chi connectivity index (χ0n) is 14.8. The van der Waals surface area contributed by atoms with Crippen LogP contribution < -0.4 is 15.5 Å². The second-order valence-corrected chi connectivity index (χ2v) is 6.76. The number of benzene rings is 1. The van der Waals surface area contributed by atoms with Crippen LogP contribution in [0.3, 0.4) is 0 Å². The van der Waals surface area contributed by atoms with Crippen molar-refractivity contribution in [2.75, 3.05) is 29.6 Å². The Labute approximate surface area is 144 Å². The summed E-state index contributed by atoms with van der Waals surface area (Å²) >= 11 is 0. The monoisotopic (exact) mass is 325 g/mol. The summed E-state index contributed by atoms with van der Waals surface area (Å²) in [6, 6.07) is 10.8. The maximum absolute atomic E-state index is 4.64. The number of anilines is 4. The molecule has 5 nitrogen and oxygen atoms in total. The van der Waals surface area contributed by atoms with Gasteiger partial charge < -0.3 is 15.5 Å². The lowest BCUT2D eigenvalue weighted by Crippen LogP contribution is -2.23. The summed E-state index contributed by atoms with van der Waals surface area (Å²) in [6.45, 7) is 2.01. The SMILES string of the molecule is Cc1cc(NC2CCCCC2)nc(Nc2ccc(N(C)C)cc2)n1. The Morgan fingerprint density at radius 1 is 1.00 bits per heavy atom. The first-order chi connectivity index (χ1) is 11.6. The van der Waals surface area contributed by atoms with Gasteiger partial charge in [-0.05, 0) is 44.0 Å². The highest BCUT2D eigenvalue weighted by Gasteiger charge is 2.14. The number of aryl methyl sites for hydroxylation is 1. The molecule has 5 heteroatoms. The van der Waals surface area contributed by atoms with Crippen LogP contribution in [0.5, 0.6) is 0 Å².